The van der Waals surface area contributed by atoms with Crippen LogP contribution < -0.4 is 4.80 Å². The quantitative estimate of drug-likeness (QED) is 0.427. The van der Waals surface area contributed by atoms with Crippen molar-refractivity contribution in [2.24, 2.45) is 4.99 Å². The molecule has 134 valence electrons. The van der Waals surface area contributed by atoms with Crippen molar-refractivity contribution in [3.05, 3.63) is 70.9 Å². The van der Waals surface area contributed by atoms with Gasteiger partial charge in [-0.05, 0) is 30.0 Å². The lowest BCUT2D eigenvalue weighted by Gasteiger charge is -2.08. The second-order valence-electron chi connectivity index (χ2n) is 5.51. The summed E-state index contributed by atoms with van der Waals surface area (Å²) >= 11 is 3.43. The summed E-state index contributed by atoms with van der Waals surface area (Å²) in [6.45, 7) is 1.85. The SMILES string of the molecule is Br.c1cncc(N=c2scc(-c3cccs3)n2CCCn2ccnc2)c1. The van der Waals surface area contributed by atoms with E-state index in [9.17, 15) is 0 Å². The molecule has 0 aliphatic rings. The van der Waals surface area contributed by atoms with Crippen LogP contribution in [-0.4, -0.2) is 19.1 Å². The highest BCUT2D eigenvalue weighted by molar-refractivity contribution is 8.93. The minimum Gasteiger partial charge on any atom is -0.337 e. The van der Waals surface area contributed by atoms with Crippen LogP contribution in [0, 0.1) is 0 Å². The van der Waals surface area contributed by atoms with E-state index in [2.05, 4.69) is 42.0 Å². The first-order valence-corrected chi connectivity index (χ1v) is 9.79. The Labute approximate surface area is 170 Å². The van der Waals surface area contributed by atoms with Crippen LogP contribution in [0.2, 0.25) is 0 Å². The number of thiazole rings is 1. The van der Waals surface area contributed by atoms with Crippen molar-refractivity contribution in [2.45, 2.75) is 19.5 Å². The zero-order valence-corrected chi connectivity index (χ0v) is 17.3. The number of imidazole rings is 1. The molecule has 0 amide bonds. The van der Waals surface area contributed by atoms with Crippen LogP contribution in [0.1, 0.15) is 6.42 Å². The number of thiophene rings is 1. The van der Waals surface area contributed by atoms with E-state index in [0.29, 0.717) is 0 Å². The van der Waals surface area contributed by atoms with Gasteiger partial charge in [-0.1, -0.05) is 6.07 Å². The third-order valence-corrected chi connectivity index (χ3v) is 5.56. The summed E-state index contributed by atoms with van der Waals surface area (Å²) in [7, 11) is 0. The van der Waals surface area contributed by atoms with E-state index in [-0.39, 0.29) is 17.0 Å². The zero-order valence-electron chi connectivity index (χ0n) is 13.9. The van der Waals surface area contributed by atoms with Gasteiger partial charge in [-0.25, -0.2) is 9.98 Å². The average molecular weight is 448 g/mol. The number of aromatic nitrogens is 4. The lowest BCUT2D eigenvalue weighted by atomic mass is 10.3. The Kier molecular flexibility index (Phi) is 6.54. The van der Waals surface area contributed by atoms with Crippen molar-refractivity contribution in [3.63, 3.8) is 0 Å². The van der Waals surface area contributed by atoms with E-state index >= 15 is 0 Å². The Morgan fingerprint density at radius 2 is 2.00 bits per heavy atom. The highest BCUT2D eigenvalue weighted by Crippen LogP contribution is 2.25. The summed E-state index contributed by atoms with van der Waals surface area (Å²) in [6, 6.07) is 8.14. The van der Waals surface area contributed by atoms with Gasteiger partial charge in [-0.3, -0.25) is 4.98 Å². The molecular weight excluding hydrogens is 430 g/mol. The Bertz CT molecular complexity index is 972. The minimum absolute atomic E-state index is 0. The number of hydrogen-bond acceptors (Lipinski definition) is 5. The standard InChI is InChI=1S/C18H17N5S2.BrH/c1-4-15(12-19-6-1)21-18-23(9-3-8-22-10-7-20-14-22)16(13-25-18)17-5-2-11-24-17;/h1-2,4-7,10-14H,3,8-9H2;1H. The lowest BCUT2D eigenvalue weighted by molar-refractivity contribution is 0.559. The minimum atomic E-state index is 0. The number of nitrogens with zero attached hydrogens (tertiary/aromatic N) is 5. The molecule has 4 aromatic rings. The van der Waals surface area contributed by atoms with Gasteiger partial charge < -0.3 is 9.13 Å². The average Bonchev–Trinajstić information content (AvgIpc) is 3.38. The molecule has 0 N–H and O–H groups in total. The van der Waals surface area contributed by atoms with Crippen molar-refractivity contribution in [1.29, 1.82) is 0 Å². The Balaban J connectivity index is 0.00000196. The predicted octanol–water partition coefficient (Wildman–Crippen LogP) is 4.77. The Morgan fingerprint density at radius 1 is 1.04 bits per heavy atom. The summed E-state index contributed by atoms with van der Waals surface area (Å²) in [5.74, 6) is 0. The van der Waals surface area contributed by atoms with Crippen LogP contribution in [0.25, 0.3) is 10.6 Å². The summed E-state index contributed by atoms with van der Waals surface area (Å²) in [5, 5.41) is 4.30. The molecular formula is C18H18BrN5S2. The largest absolute Gasteiger partial charge is 0.337 e. The van der Waals surface area contributed by atoms with Crippen molar-refractivity contribution >= 4 is 45.3 Å². The molecule has 4 rings (SSSR count). The van der Waals surface area contributed by atoms with E-state index in [0.717, 1.165) is 30.0 Å². The van der Waals surface area contributed by atoms with Crippen molar-refractivity contribution in [2.75, 3.05) is 0 Å². The molecule has 0 radical (unpaired) electrons. The first kappa shape index (κ1) is 18.8. The van der Waals surface area contributed by atoms with Crippen molar-refractivity contribution in [3.8, 4) is 10.6 Å². The number of aryl methyl sites for hydroxylation is 1. The smallest absolute Gasteiger partial charge is 0.190 e. The van der Waals surface area contributed by atoms with E-state index < -0.39 is 0 Å². The van der Waals surface area contributed by atoms with Crippen LogP contribution in [0.4, 0.5) is 5.69 Å². The maximum atomic E-state index is 4.79. The molecule has 0 saturated carbocycles. The zero-order chi connectivity index (χ0) is 16.9. The summed E-state index contributed by atoms with van der Waals surface area (Å²) < 4.78 is 4.41. The fourth-order valence-corrected chi connectivity index (χ4v) is 4.39. The van der Waals surface area contributed by atoms with Crippen molar-refractivity contribution < 1.29 is 0 Å². The molecule has 0 aliphatic heterocycles. The maximum Gasteiger partial charge on any atom is 0.190 e. The van der Waals surface area contributed by atoms with Crippen LogP contribution >= 0.6 is 39.7 Å². The molecule has 8 heteroatoms. The molecule has 0 unspecified atom stereocenters. The van der Waals surface area contributed by atoms with Gasteiger partial charge in [0.1, 0.15) is 0 Å². The fraction of sp³-hybridized carbons (Fsp3) is 0.167. The monoisotopic (exact) mass is 447 g/mol. The molecule has 0 bridgehead atoms. The summed E-state index contributed by atoms with van der Waals surface area (Å²) in [5.41, 5.74) is 2.11. The normalized spacial score (nSPS) is 11.5. The van der Waals surface area contributed by atoms with Crippen LogP contribution in [-0.2, 0) is 13.1 Å². The third kappa shape index (κ3) is 4.38. The number of halogens is 1. The van der Waals surface area contributed by atoms with Crippen LogP contribution in [0.5, 0.6) is 0 Å². The Morgan fingerprint density at radius 3 is 2.73 bits per heavy atom. The highest BCUT2D eigenvalue weighted by Gasteiger charge is 2.09. The molecule has 0 saturated heterocycles. The van der Waals surface area contributed by atoms with E-state index in [1.165, 1.54) is 10.6 Å². The van der Waals surface area contributed by atoms with Crippen LogP contribution in [0.3, 0.4) is 0 Å². The van der Waals surface area contributed by atoms with Gasteiger partial charge in [0.25, 0.3) is 0 Å². The van der Waals surface area contributed by atoms with Gasteiger partial charge in [0.15, 0.2) is 4.80 Å². The van der Waals surface area contributed by atoms with E-state index in [1.54, 1.807) is 35.1 Å². The number of rotatable bonds is 6. The van der Waals surface area contributed by atoms with E-state index in [1.807, 2.05) is 30.9 Å². The van der Waals surface area contributed by atoms with Gasteiger partial charge in [0.2, 0.25) is 0 Å². The van der Waals surface area contributed by atoms with Gasteiger partial charge in [-0.15, -0.1) is 39.7 Å². The van der Waals surface area contributed by atoms with Gasteiger partial charge in [0.05, 0.1) is 28.8 Å². The van der Waals surface area contributed by atoms with E-state index in [4.69, 9.17) is 4.99 Å². The number of pyridine rings is 1. The molecule has 4 heterocycles. The number of hydrogen-bond donors (Lipinski definition) is 0. The second kappa shape index (κ2) is 9.07. The van der Waals surface area contributed by atoms with Crippen LogP contribution in [0.15, 0.2) is 71.1 Å². The molecule has 0 aromatic carbocycles. The summed E-state index contributed by atoms with van der Waals surface area (Å²) in [6.07, 6.45) is 10.3. The van der Waals surface area contributed by atoms with Gasteiger partial charge in [0, 0.05) is 37.1 Å². The first-order valence-electron chi connectivity index (χ1n) is 8.03. The fourth-order valence-electron chi connectivity index (χ4n) is 2.62. The molecule has 0 aliphatic carbocycles. The lowest BCUT2D eigenvalue weighted by Crippen LogP contribution is -2.16. The Hall–Kier alpha value is -2.03. The summed E-state index contributed by atoms with van der Waals surface area (Å²) in [4.78, 5) is 15.3. The maximum absolute atomic E-state index is 4.79. The third-order valence-electron chi connectivity index (χ3n) is 3.80. The predicted molar refractivity (Wildman–Crippen MR) is 112 cm³/mol. The van der Waals surface area contributed by atoms with Crippen molar-refractivity contribution in [1.82, 2.24) is 19.1 Å². The topological polar surface area (TPSA) is 48.0 Å². The second-order valence-corrected chi connectivity index (χ2v) is 7.29. The molecule has 0 spiro atoms. The van der Waals surface area contributed by atoms with Gasteiger partial charge >= 0.3 is 0 Å². The molecule has 0 atom stereocenters. The van der Waals surface area contributed by atoms with Gasteiger partial charge in [-0.2, -0.15) is 0 Å². The highest BCUT2D eigenvalue weighted by atomic mass is 79.9. The molecule has 26 heavy (non-hydrogen) atoms. The molecule has 0 fully saturated rings. The first-order chi connectivity index (χ1) is 12.4. The molecule has 4 aromatic heterocycles. The molecule has 5 nitrogen and oxygen atoms in total.